The maximum absolute atomic E-state index is 3.67. The van der Waals surface area contributed by atoms with Crippen molar-refractivity contribution < 1.29 is 0 Å². The SMILES string of the molecule is CCNC(Cc1ccccc1)C(C)(C)c1ccccc1. The van der Waals surface area contributed by atoms with Gasteiger partial charge in [-0.05, 0) is 24.1 Å². The second-order valence-corrected chi connectivity index (χ2v) is 5.89. The van der Waals surface area contributed by atoms with E-state index >= 15 is 0 Å². The van der Waals surface area contributed by atoms with Crippen molar-refractivity contribution in [2.75, 3.05) is 6.54 Å². The third-order valence-electron chi connectivity index (χ3n) is 4.12. The molecular weight excluding hydrogens is 242 g/mol. The largest absolute Gasteiger partial charge is 0.313 e. The maximum Gasteiger partial charge on any atom is 0.0199 e. The van der Waals surface area contributed by atoms with Crippen LogP contribution in [0.3, 0.4) is 0 Å². The minimum Gasteiger partial charge on any atom is -0.313 e. The van der Waals surface area contributed by atoms with Gasteiger partial charge >= 0.3 is 0 Å². The molecule has 0 aliphatic carbocycles. The summed E-state index contributed by atoms with van der Waals surface area (Å²) in [6.07, 6.45) is 1.05. The lowest BCUT2D eigenvalue weighted by molar-refractivity contribution is 0.343. The Kier molecular flexibility index (Phi) is 4.97. The molecule has 0 amide bonds. The van der Waals surface area contributed by atoms with Crippen molar-refractivity contribution >= 4 is 0 Å². The first-order valence-electron chi connectivity index (χ1n) is 7.47. The van der Waals surface area contributed by atoms with Crippen molar-refractivity contribution in [3.05, 3.63) is 71.8 Å². The first-order valence-corrected chi connectivity index (χ1v) is 7.47. The first kappa shape index (κ1) is 14.8. The van der Waals surface area contributed by atoms with Crippen LogP contribution in [0.4, 0.5) is 0 Å². The van der Waals surface area contributed by atoms with E-state index in [9.17, 15) is 0 Å². The molecule has 0 saturated carbocycles. The summed E-state index contributed by atoms with van der Waals surface area (Å²) in [4.78, 5) is 0. The Hall–Kier alpha value is -1.60. The van der Waals surface area contributed by atoms with E-state index in [4.69, 9.17) is 0 Å². The molecule has 1 atom stereocenters. The molecule has 20 heavy (non-hydrogen) atoms. The molecule has 0 aliphatic rings. The van der Waals surface area contributed by atoms with Gasteiger partial charge in [-0.15, -0.1) is 0 Å². The Morgan fingerprint density at radius 3 is 2.00 bits per heavy atom. The molecular formula is C19H25N. The van der Waals surface area contributed by atoms with Crippen LogP contribution in [0.1, 0.15) is 31.9 Å². The average Bonchev–Trinajstić information content (AvgIpc) is 2.49. The lowest BCUT2D eigenvalue weighted by Gasteiger charge is -2.36. The predicted octanol–water partition coefficient (Wildman–Crippen LogP) is 4.19. The number of nitrogens with one attached hydrogen (secondary N) is 1. The van der Waals surface area contributed by atoms with Crippen LogP contribution >= 0.6 is 0 Å². The monoisotopic (exact) mass is 267 g/mol. The van der Waals surface area contributed by atoms with Gasteiger partial charge in [0.05, 0.1) is 0 Å². The van der Waals surface area contributed by atoms with Crippen molar-refractivity contribution in [2.45, 2.75) is 38.6 Å². The molecule has 1 unspecified atom stereocenters. The molecule has 0 bridgehead atoms. The molecule has 2 rings (SSSR count). The summed E-state index contributed by atoms with van der Waals surface area (Å²) < 4.78 is 0. The molecule has 0 saturated heterocycles. The molecule has 0 aliphatic heterocycles. The molecule has 1 heteroatoms. The molecule has 0 heterocycles. The number of likely N-dealkylation sites (N-methyl/N-ethyl adjacent to an activating group) is 1. The summed E-state index contributed by atoms with van der Waals surface area (Å²) in [6, 6.07) is 22.0. The third kappa shape index (κ3) is 3.49. The van der Waals surface area contributed by atoms with Gasteiger partial charge in [-0.3, -0.25) is 0 Å². The fourth-order valence-electron chi connectivity index (χ4n) is 2.75. The van der Waals surface area contributed by atoms with Crippen LogP contribution in [0.2, 0.25) is 0 Å². The summed E-state index contributed by atoms with van der Waals surface area (Å²) in [5.41, 5.74) is 2.89. The van der Waals surface area contributed by atoms with E-state index in [1.807, 2.05) is 0 Å². The molecule has 0 fully saturated rings. The highest BCUT2D eigenvalue weighted by molar-refractivity contribution is 5.27. The van der Waals surface area contributed by atoms with Crippen LogP contribution in [-0.2, 0) is 11.8 Å². The summed E-state index contributed by atoms with van der Waals surface area (Å²) in [6.45, 7) is 7.84. The van der Waals surface area contributed by atoms with E-state index in [1.165, 1.54) is 11.1 Å². The van der Waals surface area contributed by atoms with Crippen LogP contribution in [0, 0.1) is 0 Å². The minimum absolute atomic E-state index is 0.104. The van der Waals surface area contributed by atoms with E-state index in [0.29, 0.717) is 6.04 Å². The van der Waals surface area contributed by atoms with E-state index in [0.717, 1.165) is 13.0 Å². The standard InChI is InChI=1S/C19H25N/c1-4-20-18(15-16-11-7-5-8-12-16)19(2,3)17-13-9-6-10-14-17/h5-14,18,20H,4,15H2,1-3H3. The fourth-order valence-corrected chi connectivity index (χ4v) is 2.75. The highest BCUT2D eigenvalue weighted by atomic mass is 14.9. The van der Waals surface area contributed by atoms with E-state index in [1.54, 1.807) is 0 Å². The second kappa shape index (κ2) is 6.71. The first-order chi connectivity index (χ1) is 9.64. The molecule has 2 aromatic rings. The van der Waals surface area contributed by atoms with Gasteiger partial charge in [0.15, 0.2) is 0 Å². The highest BCUT2D eigenvalue weighted by Gasteiger charge is 2.30. The summed E-state index contributed by atoms with van der Waals surface area (Å²) in [5.74, 6) is 0. The van der Waals surface area contributed by atoms with Gasteiger partial charge in [0.25, 0.3) is 0 Å². The zero-order chi connectivity index (χ0) is 14.4. The van der Waals surface area contributed by atoms with Crippen LogP contribution in [0.15, 0.2) is 60.7 Å². The van der Waals surface area contributed by atoms with Gasteiger partial charge in [0, 0.05) is 11.5 Å². The maximum atomic E-state index is 3.67. The van der Waals surface area contributed by atoms with Crippen LogP contribution < -0.4 is 5.32 Å². The summed E-state index contributed by atoms with van der Waals surface area (Å²) >= 11 is 0. The molecule has 1 nitrogen and oxygen atoms in total. The van der Waals surface area contributed by atoms with Crippen molar-refractivity contribution in [1.29, 1.82) is 0 Å². The van der Waals surface area contributed by atoms with Gasteiger partial charge < -0.3 is 5.32 Å². The van der Waals surface area contributed by atoms with Crippen molar-refractivity contribution in [3.8, 4) is 0 Å². The van der Waals surface area contributed by atoms with Gasteiger partial charge in [0.1, 0.15) is 0 Å². The third-order valence-corrected chi connectivity index (χ3v) is 4.12. The smallest absolute Gasteiger partial charge is 0.0199 e. The Bertz CT molecular complexity index is 502. The zero-order valence-corrected chi connectivity index (χ0v) is 12.8. The highest BCUT2D eigenvalue weighted by Crippen LogP contribution is 2.29. The lowest BCUT2D eigenvalue weighted by atomic mass is 9.75. The number of hydrogen-bond acceptors (Lipinski definition) is 1. The Morgan fingerprint density at radius 2 is 1.45 bits per heavy atom. The van der Waals surface area contributed by atoms with Gasteiger partial charge in [-0.25, -0.2) is 0 Å². The van der Waals surface area contributed by atoms with E-state index in [-0.39, 0.29) is 5.41 Å². The molecule has 0 spiro atoms. The molecule has 2 aromatic carbocycles. The normalized spacial score (nSPS) is 13.2. The fraction of sp³-hybridized carbons (Fsp3) is 0.368. The molecule has 1 N–H and O–H groups in total. The van der Waals surface area contributed by atoms with E-state index < -0.39 is 0 Å². The lowest BCUT2D eigenvalue weighted by Crippen LogP contribution is -2.46. The minimum atomic E-state index is 0.104. The van der Waals surface area contributed by atoms with Crippen molar-refractivity contribution in [2.24, 2.45) is 0 Å². The molecule has 0 aromatic heterocycles. The van der Waals surface area contributed by atoms with Crippen LogP contribution in [0.5, 0.6) is 0 Å². The van der Waals surface area contributed by atoms with E-state index in [2.05, 4.69) is 86.8 Å². The quantitative estimate of drug-likeness (QED) is 0.827. The van der Waals surface area contributed by atoms with Crippen LogP contribution in [0.25, 0.3) is 0 Å². The van der Waals surface area contributed by atoms with Crippen molar-refractivity contribution in [3.63, 3.8) is 0 Å². The zero-order valence-electron chi connectivity index (χ0n) is 12.8. The molecule has 106 valence electrons. The number of benzene rings is 2. The topological polar surface area (TPSA) is 12.0 Å². The number of hydrogen-bond donors (Lipinski definition) is 1. The van der Waals surface area contributed by atoms with Gasteiger partial charge in [0.2, 0.25) is 0 Å². The summed E-state index contributed by atoms with van der Waals surface area (Å²) in [7, 11) is 0. The Balaban J connectivity index is 2.23. The Labute approximate surface area is 123 Å². The second-order valence-electron chi connectivity index (χ2n) is 5.89. The number of rotatable bonds is 6. The van der Waals surface area contributed by atoms with Gasteiger partial charge in [-0.1, -0.05) is 81.4 Å². The van der Waals surface area contributed by atoms with Gasteiger partial charge in [-0.2, -0.15) is 0 Å². The predicted molar refractivity (Wildman–Crippen MR) is 87.1 cm³/mol. The molecule has 0 radical (unpaired) electrons. The van der Waals surface area contributed by atoms with Crippen LogP contribution in [-0.4, -0.2) is 12.6 Å². The van der Waals surface area contributed by atoms with Crippen molar-refractivity contribution in [1.82, 2.24) is 5.32 Å². The Morgan fingerprint density at radius 1 is 0.900 bits per heavy atom. The average molecular weight is 267 g/mol. The summed E-state index contributed by atoms with van der Waals surface area (Å²) in [5, 5.41) is 3.67.